The van der Waals surface area contributed by atoms with E-state index in [2.05, 4.69) is 129 Å². The lowest BCUT2D eigenvalue weighted by Gasteiger charge is -2.25. The summed E-state index contributed by atoms with van der Waals surface area (Å²) in [6.45, 7) is 4.71. The van der Waals surface area contributed by atoms with Crippen LogP contribution < -0.4 is 5.32 Å². The minimum atomic E-state index is -4.37. The molecule has 91 heavy (non-hydrogen) atoms. The maximum atomic E-state index is 13.1. The summed E-state index contributed by atoms with van der Waals surface area (Å²) in [5, 5.41) is 14.0. The zero-order chi connectivity index (χ0) is 66.2. The van der Waals surface area contributed by atoms with Gasteiger partial charge in [-0.15, -0.1) is 0 Å². The fourth-order valence-corrected chi connectivity index (χ4v) is 11.8. The molecule has 3 unspecified atom stereocenters. The standard InChI is InChI=1S/C82H147N2O6P/c1-6-8-10-12-14-16-18-20-22-24-26-28-30-32-34-36-38-40-41-42-43-44-46-48-50-52-54-56-58-60-62-64-66-68-70-72-74-76-82(86)83-80(79-90-91(87,88)89-78-77-84(3,4)5)81(85)75-73-71-69-67-65-63-61-59-57-55-53-51-49-47-45-39-37-35-33-31-29-27-25-23-21-19-17-15-13-11-9-7-2/h8,10,14,16,20,22,26,28,32,34,38,40,42-43,46,48,65,67,73,75,80-81,85H,6-7,9,11-13,15,17-19,21,23-25,27,29-31,33,35-37,39,41,44-45,47,49-64,66,68-72,74,76-79H2,1-5H3,(H-,83,86,87,88)/p+1/b10-8-,16-14-,22-20-,28-26-,34-32-,40-38-,43-42-,48-46-,67-65+,75-73+. The minimum Gasteiger partial charge on any atom is -0.387 e. The first kappa shape index (κ1) is 87.9. The maximum Gasteiger partial charge on any atom is 0.472 e. The number of aliphatic hydroxyl groups is 1. The first-order valence-corrected chi connectivity index (χ1v) is 39.9. The van der Waals surface area contributed by atoms with Crippen LogP contribution in [-0.2, 0) is 18.4 Å². The maximum absolute atomic E-state index is 13.1. The van der Waals surface area contributed by atoms with Gasteiger partial charge in [-0.2, -0.15) is 0 Å². The molecular weight excluding hydrogens is 1140 g/mol. The molecule has 3 N–H and O–H groups in total. The molecule has 1 amide bonds. The van der Waals surface area contributed by atoms with Gasteiger partial charge >= 0.3 is 7.82 Å². The number of allylic oxidation sites excluding steroid dienone is 19. The van der Waals surface area contributed by atoms with Crippen molar-refractivity contribution in [3.8, 4) is 0 Å². The molecule has 0 bridgehead atoms. The summed E-state index contributed by atoms with van der Waals surface area (Å²) in [6, 6.07) is -0.874. The highest BCUT2D eigenvalue weighted by molar-refractivity contribution is 7.47. The normalized spacial score (nSPS) is 14.2. The number of nitrogens with zero attached hydrogens (tertiary/aromatic N) is 1. The van der Waals surface area contributed by atoms with E-state index in [1.54, 1.807) is 6.08 Å². The number of phosphoric ester groups is 1. The van der Waals surface area contributed by atoms with Crippen molar-refractivity contribution in [1.82, 2.24) is 5.32 Å². The van der Waals surface area contributed by atoms with Crippen molar-refractivity contribution in [3.63, 3.8) is 0 Å². The van der Waals surface area contributed by atoms with Crippen molar-refractivity contribution < 1.29 is 32.9 Å². The van der Waals surface area contributed by atoms with Crippen molar-refractivity contribution in [2.45, 2.75) is 353 Å². The van der Waals surface area contributed by atoms with Crippen molar-refractivity contribution in [2.24, 2.45) is 0 Å². The smallest absolute Gasteiger partial charge is 0.387 e. The van der Waals surface area contributed by atoms with Gasteiger partial charge in [-0.25, -0.2) is 4.57 Å². The monoisotopic (exact) mass is 1290 g/mol. The average molecular weight is 1290 g/mol. The van der Waals surface area contributed by atoms with E-state index in [0.29, 0.717) is 17.4 Å². The summed E-state index contributed by atoms with van der Waals surface area (Å²) in [7, 11) is 1.55. The van der Waals surface area contributed by atoms with Crippen molar-refractivity contribution in [2.75, 3.05) is 40.9 Å². The van der Waals surface area contributed by atoms with Crippen LogP contribution in [0.2, 0.25) is 0 Å². The molecule has 0 aromatic rings. The predicted molar refractivity (Wildman–Crippen MR) is 401 cm³/mol. The number of carbonyl (C=O) groups excluding carboxylic acids is 1. The first-order chi connectivity index (χ1) is 44.5. The summed E-state index contributed by atoms with van der Waals surface area (Å²) < 4.78 is 23.8. The average Bonchev–Trinajstić information content (AvgIpc) is 3.42. The molecule has 0 aliphatic rings. The quantitative estimate of drug-likeness (QED) is 0.0243. The second kappa shape index (κ2) is 71.2. The number of likely N-dealkylation sites (N-methyl/N-ethyl adjacent to an activating group) is 1. The molecule has 0 aromatic heterocycles. The molecule has 3 atom stereocenters. The Balaban J connectivity index is 4.09. The van der Waals surface area contributed by atoms with Gasteiger partial charge in [0.15, 0.2) is 0 Å². The van der Waals surface area contributed by atoms with Crippen LogP contribution in [-0.4, -0.2) is 73.4 Å². The Morgan fingerprint density at radius 2 is 0.670 bits per heavy atom. The third kappa shape index (κ3) is 74.2. The lowest BCUT2D eigenvalue weighted by molar-refractivity contribution is -0.870. The fourth-order valence-electron chi connectivity index (χ4n) is 11.0. The molecule has 0 radical (unpaired) electrons. The Morgan fingerprint density at radius 1 is 0.385 bits per heavy atom. The van der Waals surface area contributed by atoms with E-state index < -0.39 is 20.0 Å². The van der Waals surface area contributed by atoms with E-state index in [1.165, 1.54) is 231 Å². The second-order valence-corrected chi connectivity index (χ2v) is 28.4. The van der Waals surface area contributed by atoms with Crippen molar-refractivity contribution in [1.29, 1.82) is 0 Å². The van der Waals surface area contributed by atoms with Gasteiger partial charge in [0.25, 0.3) is 0 Å². The highest BCUT2D eigenvalue weighted by Gasteiger charge is 2.28. The van der Waals surface area contributed by atoms with E-state index in [4.69, 9.17) is 9.05 Å². The van der Waals surface area contributed by atoms with Crippen LogP contribution >= 0.6 is 7.82 Å². The summed E-state index contributed by atoms with van der Waals surface area (Å²) in [5.41, 5.74) is 0. The van der Waals surface area contributed by atoms with Gasteiger partial charge in [-0.3, -0.25) is 13.8 Å². The first-order valence-electron chi connectivity index (χ1n) is 38.4. The molecule has 0 rings (SSSR count). The fraction of sp³-hybridized carbons (Fsp3) is 0.744. The third-order valence-corrected chi connectivity index (χ3v) is 17.9. The molecule has 0 fully saturated rings. The number of aliphatic hydroxyl groups excluding tert-OH is 1. The number of rotatable bonds is 70. The van der Waals surface area contributed by atoms with Gasteiger partial charge in [0.1, 0.15) is 13.2 Å². The Hall–Kier alpha value is -3.10. The van der Waals surface area contributed by atoms with Crippen molar-refractivity contribution >= 4 is 13.7 Å². The number of nitrogens with one attached hydrogen (secondary N) is 1. The molecule has 526 valence electrons. The largest absolute Gasteiger partial charge is 0.472 e. The molecule has 0 aliphatic heterocycles. The van der Waals surface area contributed by atoms with Gasteiger partial charge in [0.2, 0.25) is 5.91 Å². The molecule has 0 spiro atoms. The van der Waals surface area contributed by atoms with E-state index >= 15 is 0 Å². The topological polar surface area (TPSA) is 105 Å². The predicted octanol–water partition coefficient (Wildman–Crippen LogP) is 25.2. The minimum absolute atomic E-state index is 0.0514. The molecule has 9 heteroatoms. The molecule has 0 heterocycles. The molecule has 0 aromatic carbocycles. The Labute approximate surface area is 564 Å². The summed E-state index contributed by atoms with van der Waals surface area (Å²) >= 11 is 0. The summed E-state index contributed by atoms with van der Waals surface area (Å²) in [4.78, 5) is 23.5. The molecule has 0 aliphatic carbocycles. The van der Waals surface area contributed by atoms with Crippen LogP contribution in [0.5, 0.6) is 0 Å². The number of hydrogen-bond acceptors (Lipinski definition) is 5. The second-order valence-electron chi connectivity index (χ2n) is 27.0. The molecule has 0 saturated carbocycles. The number of carbonyl (C=O) groups is 1. The van der Waals surface area contributed by atoms with Gasteiger partial charge in [-0.05, 0) is 96.3 Å². The lowest BCUT2D eigenvalue weighted by atomic mass is 10.0. The third-order valence-electron chi connectivity index (χ3n) is 16.9. The van der Waals surface area contributed by atoms with Gasteiger partial charge < -0.3 is 19.8 Å². The highest BCUT2D eigenvalue weighted by Crippen LogP contribution is 2.43. The number of hydrogen-bond donors (Lipinski definition) is 3. The highest BCUT2D eigenvalue weighted by atomic mass is 31.2. The van der Waals surface area contributed by atoms with Crippen LogP contribution in [0.25, 0.3) is 0 Å². The zero-order valence-corrected chi connectivity index (χ0v) is 61.2. The van der Waals surface area contributed by atoms with Crippen molar-refractivity contribution in [3.05, 3.63) is 122 Å². The number of unbranched alkanes of at least 4 members (excludes halogenated alkanes) is 39. The number of phosphoric acid groups is 1. The van der Waals surface area contributed by atoms with E-state index in [0.717, 1.165) is 89.9 Å². The Kier molecular flexibility index (Phi) is 68.8. The molecule has 0 saturated heterocycles. The van der Waals surface area contributed by atoms with Gasteiger partial charge in [-0.1, -0.05) is 360 Å². The zero-order valence-electron chi connectivity index (χ0n) is 60.3. The molecule has 8 nitrogen and oxygen atoms in total. The van der Waals surface area contributed by atoms with Gasteiger partial charge in [0, 0.05) is 6.42 Å². The number of amides is 1. The van der Waals surface area contributed by atoms with Crippen LogP contribution in [0.4, 0.5) is 0 Å². The van der Waals surface area contributed by atoms with E-state index in [-0.39, 0.29) is 19.1 Å². The van der Waals surface area contributed by atoms with E-state index in [1.807, 2.05) is 27.2 Å². The summed E-state index contributed by atoms with van der Waals surface area (Å²) in [5.74, 6) is -0.190. The van der Waals surface area contributed by atoms with Gasteiger partial charge in [0.05, 0.1) is 39.9 Å². The molecular formula is C82H148N2O6P+. The SMILES string of the molecule is CC/C=C\C/C=C\C/C=C\C/C=C\C/C=C\C/C=C\C/C=C\C/C=C\CCCCCCCCCCCCCCC(=O)NC(COP(=O)(O)OCC[N+](C)(C)C)C(O)/C=C/CC/C=C/CCCCCCCCCCCCCCCCCCCCCCCCCCCC. The van der Waals surface area contributed by atoms with Crippen LogP contribution in [0.1, 0.15) is 341 Å². The summed E-state index contributed by atoms with van der Waals surface area (Å²) in [6.07, 6.45) is 107. The van der Waals surface area contributed by atoms with Crippen LogP contribution in [0, 0.1) is 0 Å². The Bertz CT molecular complexity index is 1900. The number of quaternary nitrogens is 1. The van der Waals surface area contributed by atoms with Crippen LogP contribution in [0.15, 0.2) is 122 Å². The lowest BCUT2D eigenvalue weighted by Crippen LogP contribution is -2.45. The van der Waals surface area contributed by atoms with E-state index in [9.17, 15) is 19.4 Å². The van der Waals surface area contributed by atoms with Crippen LogP contribution in [0.3, 0.4) is 0 Å². The Morgan fingerprint density at radius 3 is 1.01 bits per heavy atom.